The minimum absolute atomic E-state index is 0.220. The Kier molecular flexibility index (Phi) is 3.36. The first-order valence-electron chi connectivity index (χ1n) is 6.12. The van der Waals surface area contributed by atoms with Gasteiger partial charge < -0.3 is 11.1 Å². The second kappa shape index (κ2) is 4.80. The van der Waals surface area contributed by atoms with E-state index in [0.29, 0.717) is 26.8 Å². The number of hydrogen-bond donors (Lipinski definition) is 2. The van der Waals surface area contributed by atoms with Gasteiger partial charge in [0.1, 0.15) is 11.0 Å². The van der Waals surface area contributed by atoms with Crippen LogP contribution in [-0.2, 0) is 4.79 Å². The van der Waals surface area contributed by atoms with Crippen molar-refractivity contribution in [1.82, 2.24) is 8.75 Å². The van der Waals surface area contributed by atoms with Crippen LogP contribution in [0.3, 0.4) is 0 Å². The molecule has 20 heavy (non-hydrogen) atoms. The van der Waals surface area contributed by atoms with E-state index in [9.17, 15) is 4.79 Å². The van der Waals surface area contributed by atoms with Crippen molar-refractivity contribution < 1.29 is 4.79 Å². The second-order valence-corrected chi connectivity index (χ2v) is 6.53. The molecule has 1 heterocycles. The molecule has 1 atom stereocenters. The van der Waals surface area contributed by atoms with Crippen LogP contribution in [0.5, 0.6) is 0 Å². The first-order chi connectivity index (χ1) is 9.41. The van der Waals surface area contributed by atoms with E-state index in [1.54, 1.807) is 13.0 Å². The van der Waals surface area contributed by atoms with Crippen LogP contribution in [-0.4, -0.2) is 20.2 Å². The molecular formula is C12H12Cl2N4OS. The van der Waals surface area contributed by atoms with Crippen LogP contribution in [0.2, 0.25) is 10.0 Å². The van der Waals surface area contributed by atoms with E-state index < -0.39 is 5.54 Å². The van der Waals surface area contributed by atoms with Gasteiger partial charge in [0.2, 0.25) is 5.91 Å². The SMILES string of the molecule is CC(N)(C(=O)Nc1c(Cl)cc(Cl)c2nsnc12)C1CC1. The normalized spacial score (nSPS) is 18.0. The maximum Gasteiger partial charge on any atom is 0.244 e. The summed E-state index contributed by atoms with van der Waals surface area (Å²) in [6.07, 6.45) is 1.95. The van der Waals surface area contributed by atoms with Crippen LogP contribution >= 0.6 is 34.9 Å². The number of carbonyl (C=O) groups excluding carboxylic acids is 1. The van der Waals surface area contributed by atoms with Crippen LogP contribution in [0.15, 0.2) is 6.07 Å². The summed E-state index contributed by atoms with van der Waals surface area (Å²) in [5.41, 5.74) is 6.63. The van der Waals surface area contributed by atoms with Gasteiger partial charge in [-0.25, -0.2) is 0 Å². The second-order valence-electron chi connectivity index (χ2n) is 5.19. The Balaban J connectivity index is 1.98. The molecule has 1 aromatic heterocycles. The molecule has 1 aliphatic carbocycles. The molecule has 3 N–H and O–H groups in total. The molecule has 1 unspecified atom stereocenters. The summed E-state index contributed by atoms with van der Waals surface area (Å²) in [5.74, 6) is -0.0452. The highest BCUT2D eigenvalue weighted by atomic mass is 35.5. The predicted molar refractivity (Wildman–Crippen MR) is 81.4 cm³/mol. The van der Waals surface area contributed by atoms with Gasteiger partial charge >= 0.3 is 0 Å². The Morgan fingerprint density at radius 2 is 2.05 bits per heavy atom. The maximum absolute atomic E-state index is 12.3. The zero-order chi connectivity index (χ0) is 14.5. The molecule has 1 fully saturated rings. The zero-order valence-corrected chi connectivity index (χ0v) is 12.9. The van der Waals surface area contributed by atoms with Crippen molar-refractivity contribution >= 4 is 57.6 Å². The topological polar surface area (TPSA) is 80.9 Å². The molecule has 5 nitrogen and oxygen atoms in total. The van der Waals surface area contributed by atoms with E-state index in [1.165, 1.54) is 0 Å². The molecule has 3 rings (SSSR count). The van der Waals surface area contributed by atoms with Crippen molar-refractivity contribution in [3.63, 3.8) is 0 Å². The van der Waals surface area contributed by atoms with Crippen molar-refractivity contribution in [1.29, 1.82) is 0 Å². The largest absolute Gasteiger partial charge is 0.321 e. The fourth-order valence-electron chi connectivity index (χ4n) is 2.11. The van der Waals surface area contributed by atoms with E-state index in [2.05, 4.69) is 14.1 Å². The first kappa shape index (κ1) is 14.0. The molecule has 0 aliphatic heterocycles. The minimum Gasteiger partial charge on any atom is -0.321 e. The summed E-state index contributed by atoms with van der Waals surface area (Å²) in [6, 6.07) is 1.55. The molecular weight excluding hydrogens is 319 g/mol. The summed E-state index contributed by atoms with van der Waals surface area (Å²) < 4.78 is 8.24. The van der Waals surface area contributed by atoms with Crippen LogP contribution < -0.4 is 11.1 Å². The Hall–Kier alpha value is -0.950. The monoisotopic (exact) mass is 330 g/mol. The van der Waals surface area contributed by atoms with Crippen molar-refractivity contribution in [3.8, 4) is 0 Å². The number of nitrogens with two attached hydrogens (primary N) is 1. The summed E-state index contributed by atoms with van der Waals surface area (Å²) in [5, 5.41) is 3.52. The van der Waals surface area contributed by atoms with E-state index in [1.807, 2.05) is 0 Å². The summed E-state index contributed by atoms with van der Waals surface area (Å²) in [6.45, 7) is 1.74. The van der Waals surface area contributed by atoms with Gasteiger partial charge in [0.15, 0.2) is 0 Å². The van der Waals surface area contributed by atoms with Gasteiger partial charge in [-0.15, -0.1) is 0 Å². The molecule has 1 amide bonds. The van der Waals surface area contributed by atoms with Crippen LogP contribution in [0.1, 0.15) is 19.8 Å². The van der Waals surface area contributed by atoms with Gasteiger partial charge in [-0.3, -0.25) is 4.79 Å². The number of nitrogens with one attached hydrogen (secondary N) is 1. The zero-order valence-electron chi connectivity index (χ0n) is 10.6. The Morgan fingerprint density at radius 3 is 2.70 bits per heavy atom. The molecule has 0 spiro atoms. The lowest BCUT2D eigenvalue weighted by Crippen LogP contribution is -2.50. The Morgan fingerprint density at radius 1 is 1.40 bits per heavy atom. The number of hydrogen-bond acceptors (Lipinski definition) is 5. The van der Waals surface area contributed by atoms with Crippen LogP contribution in [0, 0.1) is 5.92 Å². The fraction of sp³-hybridized carbons (Fsp3) is 0.417. The van der Waals surface area contributed by atoms with Gasteiger partial charge in [-0.1, -0.05) is 23.2 Å². The number of amides is 1. The Labute approximate surface area is 129 Å². The molecule has 0 bridgehead atoms. The third-order valence-corrected chi connectivity index (χ3v) is 4.71. The van der Waals surface area contributed by atoms with Gasteiger partial charge in [-0.05, 0) is 31.7 Å². The number of fused-ring (bicyclic) bond motifs is 1. The highest BCUT2D eigenvalue weighted by molar-refractivity contribution is 7.00. The third-order valence-electron chi connectivity index (χ3n) is 3.60. The Bertz CT molecular complexity index is 696. The maximum atomic E-state index is 12.3. The van der Waals surface area contributed by atoms with Crippen LogP contribution in [0.25, 0.3) is 11.0 Å². The van der Waals surface area contributed by atoms with Gasteiger partial charge in [0.25, 0.3) is 0 Å². The van der Waals surface area contributed by atoms with Gasteiger partial charge in [0.05, 0.1) is 33.0 Å². The van der Waals surface area contributed by atoms with E-state index in [0.717, 1.165) is 24.6 Å². The molecule has 1 aliphatic rings. The molecule has 1 saturated carbocycles. The molecule has 1 aromatic carbocycles. The number of carbonyl (C=O) groups is 1. The molecule has 0 saturated heterocycles. The smallest absolute Gasteiger partial charge is 0.244 e. The number of rotatable bonds is 3. The van der Waals surface area contributed by atoms with Crippen molar-refractivity contribution in [2.45, 2.75) is 25.3 Å². The highest BCUT2D eigenvalue weighted by Gasteiger charge is 2.44. The van der Waals surface area contributed by atoms with E-state index >= 15 is 0 Å². The average Bonchev–Trinajstić information content (AvgIpc) is 3.13. The summed E-state index contributed by atoms with van der Waals surface area (Å²) in [7, 11) is 0. The number of aromatic nitrogens is 2. The van der Waals surface area contributed by atoms with Crippen molar-refractivity contribution in [2.24, 2.45) is 11.7 Å². The number of anilines is 1. The fourth-order valence-corrected chi connectivity index (χ4v) is 3.27. The lowest BCUT2D eigenvalue weighted by molar-refractivity contribution is -0.121. The van der Waals surface area contributed by atoms with E-state index in [4.69, 9.17) is 28.9 Å². The van der Waals surface area contributed by atoms with Crippen molar-refractivity contribution in [2.75, 3.05) is 5.32 Å². The standard InChI is InChI=1S/C12H12Cl2N4OS/c1-12(15,5-2-3-5)11(19)16-8-6(13)4-7(14)9-10(8)18-20-17-9/h4-5H,2-3,15H2,1H3,(H,16,19). The molecule has 2 aromatic rings. The van der Waals surface area contributed by atoms with Gasteiger partial charge in [0, 0.05) is 0 Å². The lowest BCUT2D eigenvalue weighted by Gasteiger charge is -2.23. The quantitative estimate of drug-likeness (QED) is 0.906. The molecule has 106 valence electrons. The third kappa shape index (κ3) is 2.26. The minimum atomic E-state index is -0.904. The molecule has 0 radical (unpaired) electrons. The molecule has 8 heteroatoms. The van der Waals surface area contributed by atoms with Crippen molar-refractivity contribution in [3.05, 3.63) is 16.1 Å². The number of benzene rings is 1. The highest BCUT2D eigenvalue weighted by Crippen LogP contribution is 2.40. The van der Waals surface area contributed by atoms with Crippen LogP contribution in [0.4, 0.5) is 5.69 Å². The van der Waals surface area contributed by atoms with Gasteiger partial charge in [-0.2, -0.15) is 8.75 Å². The number of nitrogens with zero attached hydrogens (tertiary/aromatic N) is 2. The summed E-state index contributed by atoms with van der Waals surface area (Å²) in [4.78, 5) is 12.3. The number of halogens is 2. The van der Waals surface area contributed by atoms with E-state index in [-0.39, 0.29) is 11.8 Å². The first-order valence-corrected chi connectivity index (χ1v) is 7.60. The summed E-state index contributed by atoms with van der Waals surface area (Å²) >= 11 is 13.2. The lowest BCUT2D eigenvalue weighted by atomic mass is 9.96. The predicted octanol–water partition coefficient (Wildman–Crippen LogP) is 3.06. The average molecular weight is 331 g/mol.